The zero-order valence-electron chi connectivity index (χ0n) is 11.3. The quantitative estimate of drug-likeness (QED) is 0.286. The minimum Gasteiger partial charge on any atom is -0.399 e. The molecule has 0 aliphatic rings. The second-order valence-corrected chi connectivity index (χ2v) is 5.86. The molecule has 11 heteroatoms. The van der Waals surface area contributed by atoms with Crippen LogP contribution in [0, 0.1) is 44.2 Å². The van der Waals surface area contributed by atoms with Gasteiger partial charge >= 0.3 is 5.79 Å². The van der Waals surface area contributed by atoms with Crippen LogP contribution in [-0.2, 0) is 4.43 Å². The highest BCUT2D eigenvalue weighted by atomic mass is 28.2. The third-order valence-corrected chi connectivity index (χ3v) is 4.63. The summed E-state index contributed by atoms with van der Waals surface area (Å²) in [5, 5.41) is 33.0. The average molecular weight is 315 g/mol. The van der Waals surface area contributed by atoms with E-state index in [-0.39, 0.29) is 0 Å². The summed E-state index contributed by atoms with van der Waals surface area (Å²) in [6.07, 6.45) is 0. The molecule has 0 bridgehead atoms. The molecule has 1 rings (SSSR count). The molecule has 1 aromatic carbocycles. The third-order valence-electron chi connectivity index (χ3n) is 3.15. The van der Waals surface area contributed by atoms with Crippen molar-refractivity contribution in [2.45, 2.75) is 19.6 Å². The van der Waals surface area contributed by atoms with E-state index >= 15 is 0 Å². The maximum absolute atomic E-state index is 10.7. The van der Waals surface area contributed by atoms with E-state index < -0.39 is 36.9 Å². The molecule has 0 spiro atoms. The molecule has 0 N–H and O–H groups in total. The second kappa shape index (κ2) is 6.36. The van der Waals surface area contributed by atoms with Gasteiger partial charge in [-0.15, -0.1) is 0 Å². The number of rotatable bonds is 7. The van der Waals surface area contributed by atoms with Crippen molar-refractivity contribution in [3.05, 3.63) is 59.7 Å². The molecular weight excluding hydrogens is 302 g/mol. The van der Waals surface area contributed by atoms with Crippen molar-refractivity contribution < 1.29 is 19.2 Å². The van der Waals surface area contributed by atoms with Gasteiger partial charge in [0.15, 0.2) is 24.5 Å². The van der Waals surface area contributed by atoms with Gasteiger partial charge in [0, 0.05) is 0 Å². The highest BCUT2D eigenvalue weighted by Crippen LogP contribution is 2.13. The summed E-state index contributed by atoms with van der Waals surface area (Å²) in [6, 6.07) is 5.36. The molecule has 0 fully saturated rings. The Balaban J connectivity index is 2.89. The number of hydrogen-bond acceptors (Lipinski definition) is 7. The van der Waals surface area contributed by atoms with Crippen molar-refractivity contribution >= 4 is 14.9 Å². The van der Waals surface area contributed by atoms with E-state index in [1.165, 1.54) is 0 Å². The molecule has 114 valence electrons. The Hall–Kier alpha value is -2.40. The Morgan fingerprint density at radius 3 is 2.10 bits per heavy atom. The predicted octanol–water partition coefficient (Wildman–Crippen LogP) is -0.487. The van der Waals surface area contributed by atoms with Gasteiger partial charge in [-0.1, -0.05) is 18.2 Å². The van der Waals surface area contributed by atoms with E-state index in [2.05, 4.69) is 0 Å². The van der Waals surface area contributed by atoms with E-state index in [9.17, 15) is 30.3 Å². The number of hydrogen-bond donors (Lipinski definition) is 0. The molecule has 0 aliphatic heterocycles. The first-order chi connectivity index (χ1) is 9.73. The maximum atomic E-state index is 10.7. The van der Waals surface area contributed by atoms with E-state index in [0.717, 1.165) is 16.3 Å². The summed E-state index contributed by atoms with van der Waals surface area (Å²) in [5.41, 5.74) is 1.89. The summed E-state index contributed by atoms with van der Waals surface area (Å²) in [5.74, 6) is -3.55. The van der Waals surface area contributed by atoms with Gasteiger partial charge in [-0.2, -0.15) is 0 Å². The number of nitrogens with zero attached hydrogens (tertiary/aromatic N) is 3. The lowest BCUT2D eigenvalue weighted by atomic mass is 10.1. The Bertz CT molecular complexity index is 556. The molecule has 0 saturated carbocycles. The smallest absolute Gasteiger partial charge is 0.399 e. The normalized spacial score (nSPS) is 11.7. The topological polar surface area (TPSA) is 139 Å². The highest BCUT2D eigenvalue weighted by molar-refractivity contribution is 6.47. The van der Waals surface area contributed by atoms with Crippen molar-refractivity contribution in [1.82, 2.24) is 0 Å². The number of aryl methyl sites for hydroxylation is 1. The monoisotopic (exact) mass is 315 g/mol. The molecule has 0 unspecified atom stereocenters. The third kappa shape index (κ3) is 3.20. The van der Waals surface area contributed by atoms with Crippen LogP contribution in [0.4, 0.5) is 0 Å². The van der Waals surface area contributed by atoms with Crippen molar-refractivity contribution in [2.24, 2.45) is 0 Å². The van der Waals surface area contributed by atoms with E-state index in [4.69, 9.17) is 4.43 Å². The summed E-state index contributed by atoms with van der Waals surface area (Å²) < 4.78 is 5.02. The highest BCUT2D eigenvalue weighted by Gasteiger charge is 2.70. The number of benzene rings is 1. The Morgan fingerprint density at radius 1 is 1.10 bits per heavy atom. The first-order valence-corrected chi connectivity index (χ1v) is 7.08. The van der Waals surface area contributed by atoms with Gasteiger partial charge in [0.05, 0.1) is 0 Å². The Kier molecular flexibility index (Phi) is 5.05. The molecule has 21 heavy (non-hydrogen) atoms. The van der Waals surface area contributed by atoms with Gasteiger partial charge in [0.25, 0.3) is 6.61 Å². The summed E-state index contributed by atoms with van der Waals surface area (Å²) in [4.78, 5) is 27.6. The molecule has 0 aliphatic carbocycles. The molecule has 0 saturated heterocycles. The van der Waals surface area contributed by atoms with Crippen LogP contribution < -0.4 is 5.19 Å². The SMILES string of the molecule is Cc1cccc([SiH2]OCC([N+](=O)[O-])([N+](=O)[O-])[N+](=O)[O-])c1C. The molecule has 0 heterocycles. The van der Waals surface area contributed by atoms with Gasteiger partial charge in [-0.3, -0.25) is 30.3 Å². The molecule has 1 aromatic rings. The van der Waals surface area contributed by atoms with Crippen LogP contribution in [0.15, 0.2) is 18.2 Å². The maximum Gasteiger partial charge on any atom is 0.722 e. The minimum atomic E-state index is -3.55. The molecule has 0 atom stereocenters. The van der Waals surface area contributed by atoms with Crippen molar-refractivity contribution in [3.8, 4) is 0 Å². The standard InChI is InChI=1S/C10H13N3O7Si/c1-7-4-3-5-9(8(7)2)21-20-6-10(11(14)15,12(16)17)13(18)19/h3-5H,6,21H2,1-2H3. The fourth-order valence-electron chi connectivity index (χ4n) is 1.62. The van der Waals surface area contributed by atoms with Crippen LogP contribution in [0.3, 0.4) is 0 Å². The first kappa shape index (κ1) is 16.7. The summed E-state index contributed by atoms with van der Waals surface area (Å²) >= 11 is 0. The molecule has 10 nitrogen and oxygen atoms in total. The lowest BCUT2D eigenvalue weighted by Gasteiger charge is -2.11. The fourth-order valence-corrected chi connectivity index (χ4v) is 2.95. The van der Waals surface area contributed by atoms with E-state index in [0.29, 0.717) is 0 Å². The van der Waals surface area contributed by atoms with Crippen LogP contribution >= 0.6 is 0 Å². The summed E-state index contributed by atoms with van der Waals surface area (Å²) in [6.45, 7) is 2.49. The van der Waals surface area contributed by atoms with Crippen LogP contribution in [0.1, 0.15) is 11.1 Å². The van der Waals surface area contributed by atoms with Crippen molar-refractivity contribution in [2.75, 3.05) is 6.61 Å². The van der Waals surface area contributed by atoms with Crippen LogP contribution in [0.25, 0.3) is 0 Å². The molecule has 0 aromatic heterocycles. The Morgan fingerprint density at radius 2 is 1.62 bits per heavy atom. The first-order valence-electron chi connectivity index (χ1n) is 5.79. The van der Waals surface area contributed by atoms with Gasteiger partial charge in [0.1, 0.15) is 0 Å². The largest absolute Gasteiger partial charge is 0.722 e. The van der Waals surface area contributed by atoms with Gasteiger partial charge < -0.3 is 4.43 Å². The zero-order chi connectivity index (χ0) is 16.2. The van der Waals surface area contributed by atoms with Crippen LogP contribution in [0.2, 0.25) is 0 Å². The van der Waals surface area contributed by atoms with Crippen LogP contribution in [0.5, 0.6) is 0 Å². The van der Waals surface area contributed by atoms with Gasteiger partial charge in [-0.05, 0) is 30.2 Å². The predicted molar refractivity (Wildman–Crippen MR) is 73.8 cm³/mol. The zero-order valence-corrected chi connectivity index (χ0v) is 12.8. The lowest BCUT2D eigenvalue weighted by molar-refractivity contribution is -0.969. The molecule has 0 radical (unpaired) electrons. The van der Waals surface area contributed by atoms with Crippen molar-refractivity contribution in [3.63, 3.8) is 0 Å². The minimum absolute atomic E-state index is 0.791. The Labute approximate surface area is 121 Å². The average Bonchev–Trinajstić information content (AvgIpc) is 2.38. The molecular formula is C10H13N3O7Si. The van der Waals surface area contributed by atoms with Crippen LogP contribution in [-0.4, -0.2) is 36.9 Å². The lowest BCUT2D eigenvalue weighted by Crippen LogP contribution is -2.57. The van der Waals surface area contributed by atoms with Gasteiger partial charge in [-0.25, -0.2) is 0 Å². The fraction of sp³-hybridized carbons (Fsp3) is 0.400. The van der Waals surface area contributed by atoms with E-state index in [1.807, 2.05) is 19.9 Å². The van der Waals surface area contributed by atoms with E-state index in [1.54, 1.807) is 12.1 Å². The van der Waals surface area contributed by atoms with Crippen molar-refractivity contribution in [1.29, 1.82) is 0 Å². The second-order valence-electron chi connectivity index (χ2n) is 4.40. The summed E-state index contributed by atoms with van der Waals surface area (Å²) in [7, 11) is -1.55. The molecule has 0 amide bonds. The van der Waals surface area contributed by atoms with Gasteiger partial charge in [0.2, 0.25) is 0 Å². The number of nitro groups is 3.